The van der Waals surface area contributed by atoms with Crippen LogP contribution in [0.15, 0.2) is 81.4 Å². The summed E-state index contributed by atoms with van der Waals surface area (Å²) in [5, 5.41) is 0. The third-order valence-corrected chi connectivity index (χ3v) is 4.60. The number of hydrogen-bond donors (Lipinski definition) is 1. The quantitative estimate of drug-likeness (QED) is 0.718. The Balaban J connectivity index is 1.80. The Morgan fingerprint density at radius 3 is 2.50 bits per heavy atom. The van der Waals surface area contributed by atoms with Crippen LogP contribution in [0.4, 0.5) is 11.5 Å². The third-order valence-electron chi connectivity index (χ3n) is 3.23. The number of aliphatic imine (C=N–C) groups is 1. The predicted octanol–water partition coefficient (Wildman–Crippen LogP) is 3.62. The van der Waals surface area contributed by atoms with Gasteiger partial charge in [-0.3, -0.25) is 4.72 Å². The average molecular weight is 341 g/mol. The van der Waals surface area contributed by atoms with Crippen LogP contribution in [-0.4, -0.2) is 19.1 Å². The first-order chi connectivity index (χ1) is 11.5. The average Bonchev–Trinajstić information content (AvgIpc) is 3.10. The first-order valence-corrected chi connectivity index (χ1v) is 8.66. The molecule has 0 spiro atoms. The second kappa shape index (κ2) is 6.67. The van der Waals surface area contributed by atoms with Gasteiger partial charge in [0, 0.05) is 6.20 Å². The van der Waals surface area contributed by atoms with Crippen molar-refractivity contribution in [2.24, 2.45) is 4.99 Å². The summed E-state index contributed by atoms with van der Waals surface area (Å²) in [5.41, 5.74) is 1.35. The molecule has 3 aromatic rings. The topological polar surface area (TPSA) is 84.6 Å². The van der Waals surface area contributed by atoms with Gasteiger partial charge in [-0.1, -0.05) is 6.07 Å². The standard InChI is InChI=1S/C17H15N3O3S/c1-13(16-5-4-12-23-16)19-14-7-9-15(10-8-14)24(21,22)20-17-6-2-3-11-18-17/h2-12H,1H3,(H,18,20). The van der Waals surface area contributed by atoms with E-state index >= 15 is 0 Å². The highest BCUT2D eigenvalue weighted by Crippen LogP contribution is 2.20. The van der Waals surface area contributed by atoms with E-state index in [4.69, 9.17) is 4.42 Å². The maximum Gasteiger partial charge on any atom is 0.263 e. The zero-order chi connectivity index (χ0) is 17.0. The summed E-state index contributed by atoms with van der Waals surface area (Å²) < 4.78 is 32.3. The number of nitrogens with one attached hydrogen (secondary N) is 1. The molecule has 0 radical (unpaired) electrons. The third kappa shape index (κ3) is 3.69. The number of nitrogens with zero attached hydrogens (tertiary/aromatic N) is 2. The molecule has 2 aromatic heterocycles. The van der Waals surface area contributed by atoms with Crippen molar-refractivity contribution < 1.29 is 12.8 Å². The second-order valence-electron chi connectivity index (χ2n) is 4.99. The van der Waals surface area contributed by atoms with E-state index in [1.807, 2.05) is 13.0 Å². The highest BCUT2D eigenvalue weighted by molar-refractivity contribution is 7.92. The van der Waals surface area contributed by atoms with Crippen LogP contribution in [0.2, 0.25) is 0 Å². The van der Waals surface area contributed by atoms with Gasteiger partial charge in [-0.05, 0) is 55.5 Å². The normalized spacial score (nSPS) is 12.1. The van der Waals surface area contributed by atoms with Crippen molar-refractivity contribution in [1.29, 1.82) is 0 Å². The molecule has 24 heavy (non-hydrogen) atoms. The van der Waals surface area contributed by atoms with Crippen LogP contribution in [0.25, 0.3) is 0 Å². The van der Waals surface area contributed by atoms with Crippen molar-refractivity contribution in [2.45, 2.75) is 11.8 Å². The Labute approximate surface area is 139 Å². The summed E-state index contributed by atoms with van der Waals surface area (Å²) in [6, 6.07) is 14.9. The molecule has 3 rings (SSSR count). The van der Waals surface area contributed by atoms with Crippen molar-refractivity contribution in [3.05, 3.63) is 72.8 Å². The van der Waals surface area contributed by atoms with E-state index in [1.165, 1.54) is 18.3 Å². The van der Waals surface area contributed by atoms with Crippen LogP contribution in [-0.2, 0) is 10.0 Å². The van der Waals surface area contributed by atoms with Crippen LogP contribution >= 0.6 is 0 Å². The maximum absolute atomic E-state index is 12.3. The molecule has 7 heteroatoms. The van der Waals surface area contributed by atoms with Crippen molar-refractivity contribution in [2.75, 3.05) is 4.72 Å². The Bertz CT molecular complexity index is 933. The van der Waals surface area contributed by atoms with Gasteiger partial charge in [-0.15, -0.1) is 0 Å². The number of aromatic nitrogens is 1. The lowest BCUT2D eigenvalue weighted by Gasteiger charge is -2.07. The molecule has 0 aliphatic heterocycles. The Kier molecular flexibility index (Phi) is 4.43. The highest BCUT2D eigenvalue weighted by atomic mass is 32.2. The second-order valence-corrected chi connectivity index (χ2v) is 6.67. The molecule has 0 saturated carbocycles. The predicted molar refractivity (Wildman–Crippen MR) is 92.1 cm³/mol. The molecule has 2 heterocycles. The summed E-state index contributed by atoms with van der Waals surface area (Å²) in [5.74, 6) is 0.941. The van der Waals surface area contributed by atoms with Crippen LogP contribution in [0, 0.1) is 0 Å². The minimum atomic E-state index is -3.68. The van der Waals surface area contributed by atoms with Gasteiger partial charge in [-0.25, -0.2) is 18.4 Å². The van der Waals surface area contributed by atoms with Crippen molar-refractivity contribution in [3.8, 4) is 0 Å². The van der Waals surface area contributed by atoms with E-state index in [0.717, 1.165) is 0 Å². The van der Waals surface area contributed by atoms with E-state index in [1.54, 1.807) is 42.7 Å². The van der Waals surface area contributed by atoms with Gasteiger partial charge >= 0.3 is 0 Å². The first-order valence-electron chi connectivity index (χ1n) is 7.18. The molecule has 0 bridgehead atoms. The minimum Gasteiger partial charge on any atom is -0.463 e. The first kappa shape index (κ1) is 15.9. The summed E-state index contributed by atoms with van der Waals surface area (Å²) in [7, 11) is -3.68. The summed E-state index contributed by atoms with van der Waals surface area (Å²) in [6.45, 7) is 1.83. The van der Waals surface area contributed by atoms with Gasteiger partial charge in [0.2, 0.25) is 0 Å². The van der Waals surface area contributed by atoms with Gasteiger partial charge in [0.05, 0.1) is 22.6 Å². The van der Waals surface area contributed by atoms with E-state index in [0.29, 0.717) is 17.2 Å². The number of furan rings is 1. The number of sulfonamides is 1. The lowest BCUT2D eigenvalue weighted by atomic mass is 10.3. The molecule has 0 amide bonds. The molecule has 6 nitrogen and oxygen atoms in total. The van der Waals surface area contributed by atoms with Crippen LogP contribution in [0.3, 0.4) is 0 Å². The molecular weight excluding hydrogens is 326 g/mol. The molecule has 122 valence electrons. The van der Waals surface area contributed by atoms with Gasteiger partial charge < -0.3 is 4.42 Å². The fourth-order valence-corrected chi connectivity index (χ4v) is 3.06. The summed E-state index contributed by atoms with van der Waals surface area (Å²) >= 11 is 0. The van der Waals surface area contributed by atoms with E-state index in [9.17, 15) is 8.42 Å². The maximum atomic E-state index is 12.3. The van der Waals surface area contributed by atoms with Gasteiger partial charge in [-0.2, -0.15) is 0 Å². The molecule has 0 fully saturated rings. The molecular formula is C17H15N3O3S. The number of benzene rings is 1. The SMILES string of the molecule is CC(=Nc1ccc(S(=O)(=O)Nc2ccccn2)cc1)c1ccco1. The number of pyridine rings is 1. The monoisotopic (exact) mass is 341 g/mol. The lowest BCUT2D eigenvalue weighted by Crippen LogP contribution is -2.13. The molecule has 0 saturated heterocycles. The van der Waals surface area contributed by atoms with E-state index in [2.05, 4.69) is 14.7 Å². The van der Waals surface area contributed by atoms with Crippen molar-refractivity contribution in [1.82, 2.24) is 4.98 Å². The Hall–Kier alpha value is -2.93. The lowest BCUT2D eigenvalue weighted by molar-refractivity contribution is 0.557. The summed E-state index contributed by atoms with van der Waals surface area (Å²) in [6.07, 6.45) is 3.10. The molecule has 0 aliphatic rings. The minimum absolute atomic E-state index is 0.141. The molecule has 0 atom stereocenters. The Morgan fingerprint density at radius 2 is 1.88 bits per heavy atom. The fraction of sp³-hybridized carbons (Fsp3) is 0.0588. The van der Waals surface area contributed by atoms with Crippen molar-refractivity contribution in [3.63, 3.8) is 0 Å². The highest BCUT2D eigenvalue weighted by Gasteiger charge is 2.14. The zero-order valence-corrected chi connectivity index (χ0v) is 13.7. The van der Waals surface area contributed by atoms with Gasteiger partial charge in [0.1, 0.15) is 11.6 Å². The molecule has 0 aliphatic carbocycles. The zero-order valence-electron chi connectivity index (χ0n) is 12.9. The number of rotatable bonds is 5. The van der Waals surface area contributed by atoms with Crippen molar-refractivity contribution >= 4 is 27.2 Å². The Morgan fingerprint density at radius 1 is 1.08 bits per heavy atom. The van der Waals surface area contributed by atoms with Crippen LogP contribution in [0.1, 0.15) is 12.7 Å². The van der Waals surface area contributed by atoms with E-state index in [-0.39, 0.29) is 10.7 Å². The molecule has 1 N–H and O–H groups in total. The fourth-order valence-electron chi connectivity index (χ4n) is 2.05. The summed E-state index contributed by atoms with van der Waals surface area (Å²) in [4.78, 5) is 8.50. The largest absolute Gasteiger partial charge is 0.463 e. The molecule has 0 unspecified atom stereocenters. The van der Waals surface area contributed by atoms with Crippen LogP contribution < -0.4 is 4.72 Å². The van der Waals surface area contributed by atoms with Crippen LogP contribution in [0.5, 0.6) is 0 Å². The van der Waals surface area contributed by atoms with E-state index < -0.39 is 10.0 Å². The smallest absolute Gasteiger partial charge is 0.263 e. The number of hydrogen-bond acceptors (Lipinski definition) is 5. The van der Waals surface area contributed by atoms with Gasteiger partial charge in [0.15, 0.2) is 0 Å². The molecule has 1 aromatic carbocycles. The number of anilines is 1. The van der Waals surface area contributed by atoms with Gasteiger partial charge in [0.25, 0.3) is 10.0 Å².